The normalized spacial score (nSPS) is 10.8. The van der Waals surface area contributed by atoms with E-state index in [2.05, 4.69) is 15.0 Å². The molecule has 2 heterocycles. The number of halogens is 1. The molecule has 2 aromatic carbocycles. The number of carbonyl (C=O) groups excluding carboxylic acids is 1. The molecule has 2 aromatic heterocycles. The Bertz CT molecular complexity index is 1360. The minimum atomic E-state index is -0.526. The number of aryl methyl sites for hydroxylation is 1. The Balaban J connectivity index is 1.43. The van der Waals surface area contributed by atoms with Crippen LogP contribution in [-0.2, 0) is 6.61 Å². The molecule has 0 unspecified atom stereocenters. The van der Waals surface area contributed by atoms with Gasteiger partial charge in [0.2, 0.25) is 0 Å². The van der Waals surface area contributed by atoms with Crippen molar-refractivity contribution in [1.82, 2.24) is 15.0 Å². The van der Waals surface area contributed by atoms with Crippen LogP contribution in [0.3, 0.4) is 0 Å². The maximum absolute atomic E-state index is 12.5. The number of aromatic nitrogens is 3. The van der Waals surface area contributed by atoms with E-state index in [0.29, 0.717) is 21.6 Å². The number of nitrogens with zero attached hydrogens (tertiary/aromatic N) is 4. The van der Waals surface area contributed by atoms with Crippen molar-refractivity contribution in [3.63, 3.8) is 0 Å². The fourth-order valence-corrected chi connectivity index (χ4v) is 4.86. The van der Waals surface area contributed by atoms with E-state index in [1.807, 2.05) is 19.1 Å². The molecule has 0 aliphatic rings. The lowest BCUT2D eigenvalue weighted by Gasteiger charge is -2.05. The highest BCUT2D eigenvalue weighted by molar-refractivity contribution is 7.99. The molecule has 172 valence electrons. The Morgan fingerprint density at radius 2 is 2.00 bits per heavy atom. The zero-order chi connectivity index (χ0) is 24.1. The van der Waals surface area contributed by atoms with E-state index in [9.17, 15) is 14.9 Å². The largest absolute Gasteiger partial charge is 0.485 e. The average molecular weight is 513 g/mol. The van der Waals surface area contributed by atoms with Crippen molar-refractivity contribution in [1.29, 1.82) is 0 Å². The van der Waals surface area contributed by atoms with Crippen molar-refractivity contribution in [3.05, 3.63) is 92.2 Å². The van der Waals surface area contributed by atoms with E-state index in [-0.39, 0.29) is 29.4 Å². The maximum Gasteiger partial charge on any atom is 0.270 e. The predicted octanol–water partition coefficient (Wildman–Crippen LogP) is 6.02. The highest BCUT2D eigenvalue weighted by atomic mass is 35.5. The van der Waals surface area contributed by atoms with E-state index in [1.54, 1.807) is 30.5 Å². The molecule has 8 nitrogen and oxygen atoms in total. The summed E-state index contributed by atoms with van der Waals surface area (Å²) in [6.07, 6.45) is 1.63. The summed E-state index contributed by atoms with van der Waals surface area (Å²) < 4.78 is 5.78. The van der Waals surface area contributed by atoms with Gasteiger partial charge in [-0.25, -0.2) is 15.0 Å². The van der Waals surface area contributed by atoms with Gasteiger partial charge < -0.3 is 4.74 Å². The van der Waals surface area contributed by atoms with Crippen LogP contribution in [0.4, 0.5) is 5.69 Å². The van der Waals surface area contributed by atoms with Gasteiger partial charge in [-0.3, -0.25) is 14.9 Å². The summed E-state index contributed by atoms with van der Waals surface area (Å²) in [5, 5.41) is 12.7. The molecule has 0 fully saturated rings. The molecular weight excluding hydrogens is 496 g/mol. The topological polar surface area (TPSA) is 108 Å². The number of thiazole rings is 1. The Morgan fingerprint density at radius 1 is 1.18 bits per heavy atom. The number of hydrogen-bond donors (Lipinski definition) is 0. The third-order valence-electron chi connectivity index (χ3n) is 4.61. The molecule has 0 N–H and O–H groups in total. The van der Waals surface area contributed by atoms with Crippen LogP contribution in [0, 0.1) is 17.0 Å². The molecule has 4 aromatic rings. The van der Waals surface area contributed by atoms with Gasteiger partial charge in [0.25, 0.3) is 5.69 Å². The SMILES string of the molecule is Cc1nc(COc2ccccc2Cl)sc1-c1ccnc(SCC(=O)c2cccc([N+](=O)[O-])c2)n1. The summed E-state index contributed by atoms with van der Waals surface area (Å²) in [7, 11) is 0. The fraction of sp³-hybridized carbons (Fsp3) is 0.130. The van der Waals surface area contributed by atoms with Gasteiger partial charge in [-0.15, -0.1) is 11.3 Å². The molecule has 0 saturated carbocycles. The van der Waals surface area contributed by atoms with E-state index in [1.165, 1.54) is 41.3 Å². The van der Waals surface area contributed by atoms with E-state index >= 15 is 0 Å². The van der Waals surface area contributed by atoms with Crippen molar-refractivity contribution < 1.29 is 14.5 Å². The minimum Gasteiger partial charge on any atom is -0.485 e. The highest BCUT2D eigenvalue weighted by Crippen LogP contribution is 2.31. The number of non-ortho nitro benzene ring substituents is 1. The number of carbonyl (C=O) groups is 1. The van der Waals surface area contributed by atoms with Crippen LogP contribution in [0.15, 0.2) is 66.0 Å². The summed E-state index contributed by atoms with van der Waals surface area (Å²) in [5.41, 5.74) is 1.66. The molecule has 11 heteroatoms. The average Bonchev–Trinajstić information content (AvgIpc) is 3.22. The van der Waals surface area contributed by atoms with Crippen LogP contribution in [0.5, 0.6) is 5.75 Å². The Labute approximate surface area is 208 Å². The van der Waals surface area contributed by atoms with Gasteiger partial charge in [0.05, 0.1) is 32.0 Å². The molecule has 0 saturated heterocycles. The zero-order valence-corrected chi connectivity index (χ0v) is 20.2. The molecular formula is C23H17ClN4O4S2. The maximum atomic E-state index is 12.5. The number of Topliss-reactive ketones (excluding diaryl/α,β-unsaturated/α-hetero) is 1. The predicted molar refractivity (Wildman–Crippen MR) is 132 cm³/mol. The van der Waals surface area contributed by atoms with Gasteiger partial charge in [0.1, 0.15) is 17.4 Å². The number of ether oxygens (including phenoxy) is 1. The number of para-hydroxylation sites is 1. The third-order valence-corrected chi connectivity index (χ3v) is 6.93. The Morgan fingerprint density at radius 3 is 2.79 bits per heavy atom. The van der Waals surface area contributed by atoms with Gasteiger partial charge >= 0.3 is 0 Å². The van der Waals surface area contributed by atoms with Crippen molar-refractivity contribution >= 4 is 46.2 Å². The summed E-state index contributed by atoms with van der Waals surface area (Å²) >= 11 is 8.77. The summed E-state index contributed by atoms with van der Waals surface area (Å²) in [5.74, 6) is 0.409. The monoisotopic (exact) mass is 512 g/mol. The first-order valence-corrected chi connectivity index (χ1v) is 12.2. The van der Waals surface area contributed by atoms with Crippen molar-refractivity contribution in [2.45, 2.75) is 18.7 Å². The summed E-state index contributed by atoms with van der Waals surface area (Å²) in [6, 6.07) is 14.7. The third kappa shape index (κ3) is 5.77. The number of ketones is 1. The lowest BCUT2D eigenvalue weighted by atomic mass is 10.1. The second-order valence-corrected chi connectivity index (χ2v) is 9.42. The molecule has 34 heavy (non-hydrogen) atoms. The Hall–Kier alpha value is -3.34. The smallest absolute Gasteiger partial charge is 0.270 e. The van der Waals surface area contributed by atoms with E-state index < -0.39 is 4.92 Å². The van der Waals surface area contributed by atoms with Crippen LogP contribution in [0.1, 0.15) is 21.1 Å². The van der Waals surface area contributed by atoms with Crippen LogP contribution in [0.2, 0.25) is 5.02 Å². The van der Waals surface area contributed by atoms with Gasteiger partial charge in [0.15, 0.2) is 10.9 Å². The van der Waals surface area contributed by atoms with Crippen molar-refractivity contribution in [2.24, 2.45) is 0 Å². The van der Waals surface area contributed by atoms with Crippen LogP contribution in [0.25, 0.3) is 10.6 Å². The second kappa shape index (κ2) is 10.7. The standard InChI is InChI=1S/C23H17ClN4O4S2/c1-14-22(34-21(26-14)12-32-20-8-3-2-7-17(20)24)18-9-10-25-23(27-18)33-13-19(29)15-5-4-6-16(11-15)28(30)31/h2-11H,12-13H2,1H3. The van der Waals surface area contributed by atoms with E-state index in [0.717, 1.165) is 15.6 Å². The molecule has 0 spiro atoms. The molecule has 0 atom stereocenters. The zero-order valence-electron chi connectivity index (χ0n) is 17.8. The highest BCUT2D eigenvalue weighted by Gasteiger charge is 2.15. The Kier molecular flexibility index (Phi) is 7.51. The quantitative estimate of drug-likeness (QED) is 0.0879. The second-order valence-electron chi connectivity index (χ2n) is 6.98. The number of hydrogen-bond acceptors (Lipinski definition) is 9. The number of nitro groups is 1. The number of nitro benzene ring substituents is 1. The summed E-state index contributed by atoms with van der Waals surface area (Å²) in [6.45, 7) is 2.17. The molecule has 0 amide bonds. The lowest BCUT2D eigenvalue weighted by molar-refractivity contribution is -0.384. The van der Waals surface area contributed by atoms with Gasteiger partial charge in [-0.05, 0) is 25.1 Å². The molecule has 0 aliphatic carbocycles. The van der Waals surface area contributed by atoms with Gasteiger partial charge in [-0.1, -0.05) is 47.6 Å². The number of rotatable bonds is 9. The van der Waals surface area contributed by atoms with Crippen LogP contribution >= 0.6 is 34.7 Å². The first-order chi connectivity index (χ1) is 16.4. The van der Waals surface area contributed by atoms with Crippen LogP contribution < -0.4 is 4.74 Å². The minimum absolute atomic E-state index is 0.0587. The van der Waals surface area contributed by atoms with Gasteiger partial charge in [-0.2, -0.15) is 0 Å². The number of benzene rings is 2. The molecule has 0 aliphatic heterocycles. The van der Waals surface area contributed by atoms with Crippen molar-refractivity contribution in [3.8, 4) is 16.3 Å². The number of thioether (sulfide) groups is 1. The van der Waals surface area contributed by atoms with Gasteiger partial charge in [0, 0.05) is 23.9 Å². The summed E-state index contributed by atoms with van der Waals surface area (Å²) in [4.78, 5) is 37.1. The molecule has 4 rings (SSSR count). The molecule has 0 bridgehead atoms. The first kappa shape index (κ1) is 23.8. The molecule has 0 radical (unpaired) electrons. The fourth-order valence-electron chi connectivity index (χ4n) is 3.00. The van der Waals surface area contributed by atoms with Crippen LogP contribution in [-0.4, -0.2) is 31.4 Å². The van der Waals surface area contributed by atoms with E-state index in [4.69, 9.17) is 16.3 Å². The lowest BCUT2D eigenvalue weighted by Crippen LogP contribution is -2.04. The van der Waals surface area contributed by atoms with Crippen molar-refractivity contribution in [2.75, 3.05) is 5.75 Å². The first-order valence-electron chi connectivity index (χ1n) is 9.98.